The molecule has 2 atom stereocenters. The fraction of sp³-hybridized carbons (Fsp3) is 0.167. The highest BCUT2D eigenvalue weighted by Crippen LogP contribution is 2.36. The maximum atomic E-state index is 13.7. The fourth-order valence-corrected chi connectivity index (χ4v) is 3.71. The van der Waals surface area contributed by atoms with Gasteiger partial charge in [-0.3, -0.25) is 14.3 Å². The van der Waals surface area contributed by atoms with Gasteiger partial charge in [0, 0.05) is 23.3 Å². The average Bonchev–Trinajstić information content (AvgIpc) is 2.78. The third-order valence-corrected chi connectivity index (χ3v) is 5.24. The van der Waals surface area contributed by atoms with E-state index in [1.807, 2.05) is 12.1 Å². The Balaban J connectivity index is 2.17. The van der Waals surface area contributed by atoms with Crippen molar-refractivity contribution >= 4 is 10.9 Å². The van der Waals surface area contributed by atoms with Crippen LogP contribution in [-0.4, -0.2) is 25.9 Å². The second kappa shape index (κ2) is 8.18. The van der Waals surface area contributed by atoms with Crippen molar-refractivity contribution < 1.29 is 14.6 Å². The molecule has 152 valence electrons. The van der Waals surface area contributed by atoms with Gasteiger partial charge >= 0.3 is 0 Å². The molecule has 0 radical (unpaired) electrons. The number of para-hydroxylation sites is 1. The number of aliphatic hydroxyl groups is 2. The van der Waals surface area contributed by atoms with E-state index in [4.69, 9.17) is 0 Å². The van der Waals surface area contributed by atoms with Crippen molar-refractivity contribution in [2.75, 3.05) is 0 Å². The van der Waals surface area contributed by atoms with Crippen LogP contribution in [0, 0.1) is 5.82 Å². The van der Waals surface area contributed by atoms with Crippen LogP contribution in [0.25, 0.3) is 33.2 Å². The first-order valence-electron chi connectivity index (χ1n) is 9.72. The molecule has 2 N–H and O–H groups in total. The van der Waals surface area contributed by atoms with Crippen LogP contribution in [0.1, 0.15) is 19.6 Å². The zero-order valence-corrected chi connectivity index (χ0v) is 16.4. The van der Waals surface area contributed by atoms with Gasteiger partial charge in [0.15, 0.2) is 6.23 Å². The molecule has 2 unspecified atom stereocenters. The molecule has 5 nitrogen and oxygen atoms in total. The van der Waals surface area contributed by atoms with E-state index in [1.165, 1.54) is 16.7 Å². The molecule has 0 amide bonds. The topological polar surface area (TPSA) is 75.3 Å². The molecule has 0 saturated carbocycles. The molecule has 0 aliphatic heterocycles. The SMILES string of the molecule is CCC(O)C(O)n1c(=O)c(-c2ccc(F)cc2)c(-c2ccncc2)c2ccccc21. The summed E-state index contributed by atoms with van der Waals surface area (Å²) in [5.41, 5.74) is 2.31. The molecule has 0 aliphatic rings. The second-order valence-corrected chi connectivity index (χ2v) is 7.07. The Kier molecular flexibility index (Phi) is 5.44. The van der Waals surface area contributed by atoms with Crippen LogP contribution >= 0.6 is 0 Å². The van der Waals surface area contributed by atoms with Gasteiger partial charge in [-0.25, -0.2) is 4.39 Å². The van der Waals surface area contributed by atoms with E-state index < -0.39 is 23.7 Å². The molecule has 0 saturated heterocycles. The van der Waals surface area contributed by atoms with Crippen molar-refractivity contribution in [3.8, 4) is 22.3 Å². The summed E-state index contributed by atoms with van der Waals surface area (Å²) in [5.74, 6) is -0.410. The number of hydrogen-bond donors (Lipinski definition) is 2. The third kappa shape index (κ3) is 3.40. The van der Waals surface area contributed by atoms with Gasteiger partial charge in [0.2, 0.25) is 0 Å². The van der Waals surface area contributed by atoms with Gasteiger partial charge in [0.1, 0.15) is 5.82 Å². The first-order chi connectivity index (χ1) is 14.5. The molecule has 6 heteroatoms. The van der Waals surface area contributed by atoms with Gasteiger partial charge in [0.25, 0.3) is 5.56 Å². The van der Waals surface area contributed by atoms with Crippen LogP contribution in [0.2, 0.25) is 0 Å². The molecule has 4 aromatic rings. The Morgan fingerprint density at radius 2 is 1.57 bits per heavy atom. The van der Waals surface area contributed by atoms with Gasteiger partial charge in [-0.2, -0.15) is 0 Å². The summed E-state index contributed by atoms with van der Waals surface area (Å²) in [4.78, 5) is 17.8. The number of pyridine rings is 2. The summed E-state index contributed by atoms with van der Waals surface area (Å²) >= 11 is 0. The lowest BCUT2D eigenvalue weighted by Crippen LogP contribution is -2.33. The van der Waals surface area contributed by atoms with Gasteiger partial charge in [0.05, 0.1) is 17.2 Å². The first-order valence-corrected chi connectivity index (χ1v) is 9.72. The number of aliphatic hydroxyl groups excluding tert-OH is 2. The summed E-state index contributed by atoms with van der Waals surface area (Å²) in [5, 5.41) is 21.8. The summed E-state index contributed by atoms with van der Waals surface area (Å²) in [6, 6.07) is 16.5. The van der Waals surface area contributed by atoms with Crippen molar-refractivity contribution in [3.63, 3.8) is 0 Å². The summed E-state index contributed by atoms with van der Waals surface area (Å²) in [6.07, 6.45) is 1.02. The quantitative estimate of drug-likeness (QED) is 0.524. The number of fused-ring (bicyclic) bond motifs is 1. The molecular formula is C24H21FN2O3. The summed E-state index contributed by atoms with van der Waals surface area (Å²) in [6.45, 7) is 1.73. The summed E-state index contributed by atoms with van der Waals surface area (Å²) < 4.78 is 14.8. The Morgan fingerprint density at radius 1 is 0.933 bits per heavy atom. The van der Waals surface area contributed by atoms with Crippen molar-refractivity contribution in [1.29, 1.82) is 0 Å². The molecule has 2 aromatic heterocycles. The minimum absolute atomic E-state index is 0.278. The normalized spacial score (nSPS) is 13.3. The Morgan fingerprint density at radius 3 is 2.23 bits per heavy atom. The highest BCUT2D eigenvalue weighted by molar-refractivity contribution is 6.02. The number of benzene rings is 2. The zero-order chi connectivity index (χ0) is 21.3. The monoisotopic (exact) mass is 404 g/mol. The molecule has 0 aliphatic carbocycles. The van der Waals surface area contributed by atoms with E-state index in [0.717, 1.165) is 10.9 Å². The number of aromatic nitrogens is 2. The number of nitrogens with zero attached hydrogens (tertiary/aromatic N) is 2. The minimum Gasteiger partial charge on any atom is -0.388 e. The standard InChI is InChI=1S/C24H21FN2O3/c1-2-20(28)23(29)27-19-6-4-3-5-18(19)21(16-11-13-26-14-12-16)22(24(27)30)15-7-9-17(25)10-8-15/h3-14,20,23,28-29H,2H2,1H3. The van der Waals surface area contributed by atoms with Crippen LogP contribution in [0.5, 0.6) is 0 Å². The summed E-state index contributed by atoms with van der Waals surface area (Å²) in [7, 11) is 0. The molecular weight excluding hydrogens is 383 g/mol. The van der Waals surface area contributed by atoms with Crippen LogP contribution < -0.4 is 5.56 Å². The molecule has 0 bridgehead atoms. The first kappa shape index (κ1) is 19.9. The highest BCUT2D eigenvalue weighted by Gasteiger charge is 2.25. The third-order valence-electron chi connectivity index (χ3n) is 5.24. The van der Waals surface area contributed by atoms with E-state index in [2.05, 4.69) is 4.98 Å². The van der Waals surface area contributed by atoms with Crippen molar-refractivity contribution in [3.05, 3.63) is 89.2 Å². The molecule has 4 rings (SSSR count). The smallest absolute Gasteiger partial charge is 0.261 e. The predicted octanol–water partition coefficient (Wildman–Crippen LogP) is 4.13. The van der Waals surface area contributed by atoms with E-state index in [9.17, 15) is 19.4 Å². The predicted molar refractivity (Wildman–Crippen MR) is 114 cm³/mol. The van der Waals surface area contributed by atoms with Crippen molar-refractivity contribution in [2.24, 2.45) is 0 Å². The average molecular weight is 404 g/mol. The van der Waals surface area contributed by atoms with Gasteiger partial charge in [-0.1, -0.05) is 37.3 Å². The van der Waals surface area contributed by atoms with Crippen LogP contribution in [0.4, 0.5) is 4.39 Å². The lowest BCUT2D eigenvalue weighted by atomic mass is 9.92. The Hall–Kier alpha value is -3.35. The zero-order valence-electron chi connectivity index (χ0n) is 16.4. The minimum atomic E-state index is -1.42. The van der Waals surface area contributed by atoms with E-state index >= 15 is 0 Å². The Labute approximate surface area is 172 Å². The number of hydrogen-bond acceptors (Lipinski definition) is 4. The largest absolute Gasteiger partial charge is 0.388 e. The molecule has 0 fully saturated rings. The van der Waals surface area contributed by atoms with Crippen molar-refractivity contribution in [1.82, 2.24) is 9.55 Å². The molecule has 30 heavy (non-hydrogen) atoms. The lowest BCUT2D eigenvalue weighted by molar-refractivity contribution is -0.0288. The van der Waals surface area contributed by atoms with Gasteiger partial charge in [-0.15, -0.1) is 0 Å². The van der Waals surface area contributed by atoms with Crippen LogP contribution in [-0.2, 0) is 0 Å². The Bertz CT molecular complexity index is 1240. The van der Waals surface area contributed by atoms with E-state index in [0.29, 0.717) is 22.2 Å². The molecule has 2 aromatic carbocycles. The maximum Gasteiger partial charge on any atom is 0.261 e. The van der Waals surface area contributed by atoms with Gasteiger partial charge < -0.3 is 10.2 Å². The van der Waals surface area contributed by atoms with E-state index in [1.54, 1.807) is 55.7 Å². The number of halogens is 1. The molecule has 0 spiro atoms. The van der Waals surface area contributed by atoms with E-state index in [-0.39, 0.29) is 6.42 Å². The van der Waals surface area contributed by atoms with Crippen LogP contribution in [0.15, 0.2) is 77.9 Å². The van der Waals surface area contributed by atoms with Gasteiger partial charge in [-0.05, 0) is 47.9 Å². The van der Waals surface area contributed by atoms with Crippen LogP contribution in [0.3, 0.4) is 0 Å². The molecule has 2 heterocycles. The lowest BCUT2D eigenvalue weighted by Gasteiger charge is -2.24. The maximum absolute atomic E-state index is 13.7. The highest BCUT2D eigenvalue weighted by atomic mass is 19.1. The number of rotatable bonds is 5. The fourth-order valence-electron chi connectivity index (χ4n) is 3.71. The van der Waals surface area contributed by atoms with Crippen molar-refractivity contribution in [2.45, 2.75) is 25.7 Å². The second-order valence-electron chi connectivity index (χ2n) is 7.07.